The van der Waals surface area contributed by atoms with E-state index in [4.69, 9.17) is 10.5 Å². The van der Waals surface area contributed by atoms with Gasteiger partial charge >= 0.3 is 6.03 Å². The molecule has 92 valence electrons. The van der Waals surface area contributed by atoms with Crippen LogP contribution < -0.4 is 15.8 Å². The average Bonchev–Trinajstić information content (AvgIpc) is 2.28. The number of ether oxygens (including phenoxy) is 1. The molecule has 3 N–H and O–H groups in total. The fraction of sp³-hybridized carbons (Fsp3) is 0.333. The van der Waals surface area contributed by atoms with Crippen LogP contribution in [0.25, 0.3) is 0 Å². The Morgan fingerprint density at radius 1 is 1.47 bits per heavy atom. The summed E-state index contributed by atoms with van der Waals surface area (Å²) in [5.41, 5.74) is 5.96. The number of primary amides is 1. The summed E-state index contributed by atoms with van der Waals surface area (Å²) in [7, 11) is 0. The summed E-state index contributed by atoms with van der Waals surface area (Å²) in [6.45, 7) is 3.58. The molecule has 0 saturated carbocycles. The van der Waals surface area contributed by atoms with Crippen molar-refractivity contribution in [2.45, 2.75) is 26.4 Å². The molecule has 1 atom stereocenters. The van der Waals surface area contributed by atoms with Crippen LogP contribution in [-0.2, 0) is 11.2 Å². The molecule has 1 rings (SSSR count). The summed E-state index contributed by atoms with van der Waals surface area (Å²) >= 11 is 0. The molecule has 0 aliphatic heterocycles. The summed E-state index contributed by atoms with van der Waals surface area (Å²) in [6.07, 6.45) is 0.119. The van der Waals surface area contributed by atoms with E-state index in [1.54, 1.807) is 13.0 Å². The molecule has 0 aromatic heterocycles. The Morgan fingerprint density at radius 3 is 2.76 bits per heavy atom. The number of carbonyl (C=O) groups is 2. The zero-order valence-corrected chi connectivity index (χ0v) is 9.90. The predicted molar refractivity (Wildman–Crippen MR) is 63.6 cm³/mol. The summed E-state index contributed by atoms with van der Waals surface area (Å²) in [5.74, 6) is 0.0378. The second kappa shape index (κ2) is 5.89. The van der Waals surface area contributed by atoms with Gasteiger partial charge in [-0.05, 0) is 31.0 Å². The normalized spacial score (nSPS) is 11.6. The average molecular weight is 236 g/mol. The van der Waals surface area contributed by atoms with Crippen molar-refractivity contribution in [1.82, 2.24) is 5.32 Å². The molecule has 0 aliphatic rings. The molecule has 3 amide bonds. The highest BCUT2D eigenvalue weighted by molar-refractivity contribution is 5.95. The first kappa shape index (κ1) is 13.0. The van der Waals surface area contributed by atoms with Crippen LogP contribution in [-0.4, -0.2) is 18.0 Å². The maximum absolute atomic E-state index is 11.4. The van der Waals surface area contributed by atoms with Gasteiger partial charge in [0, 0.05) is 0 Å². The Hall–Kier alpha value is -2.04. The van der Waals surface area contributed by atoms with Crippen molar-refractivity contribution in [3.05, 3.63) is 29.8 Å². The van der Waals surface area contributed by atoms with Crippen LogP contribution in [0, 0.1) is 0 Å². The number of nitrogens with one attached hydrogen (secondary N) is 1. The highest BCUT2D eigenvalue weighted by Gasteiger charge is 2.15. The Kier molecular flexibility index (Phi) is 4.51. The lowest BCUT2D eigenvalue weighted by molar-refractivity contribution is -0.126. The van der Waals surface area contributed by atoms with Gasteiger partial charge < -0.3 is 10.5 Å². The van der Waals surface area contributed by atoms with E-state index in [9.17, 15) is 9.59 Å². The maximum atomic E-state index is 11.4. The third kappa shape index (κ3) is 4.14. The number of aryl methyl sites for hydroxylation is 1. The van der Waals surface area contributed by atoms with Gasteiger partial charge in [0.25, 0.3) is 5.91 Å². The zero-order valence-electron chi connectivity index (χ0n) is 9.90. The van der Waals surface area contributed by atoms with Gasteiger partial charge in [-0.25, -0.2) is 4.79 Å². The fourth-order valence-electron chi connectivity index (χ4n) is 1.32. The van der Waals surface area contributed by atoms with Crippen LogP contribution in [0.15, 0.2) is 24.3 Å². The maximum Gasteiger partial charge on any atom is 0.318 e. The van der Waals surface area contributed by atoms with E-state index >= 15 is 0 Å². The number of hydrogen-bond acceptors (Lipinski definition) is 3. The Morgan fingerprint density at radius 2 is 2.18 bits per heavy atom. The topological polar surface area (TPSA) is 81.4 Å². The Labute approximate surface area is 99.9 Å². The van der Waals surface area contributed by atoms with Gasteiger partial charge in [0.15, 0.2) is 6.10 Å². The van der Waals surface area contributed by atoms with Crippen LogP contribution in [0.2, 0.25) is 0 Å². The van der Waals surface area contributed by atoms with Crippen LogP contribution in [0.3, 0.4) is 0 Å². The lowest BCUT2D eigenvalue weighted by atomic mass is 10.2. The minimum Gasteiger partial charge on any atom is -0.481 e. The van der Waals surface area contributed by atoms with Crippen LogP contribution in [0.5, 0.6) is 5.75 Å². The molecule has 1 aromatic rings. The number of benzene rings is 1. The number of nitrogens with two attached hydrogens (primary N) is 1. The number of rotatable bonds is 4. The summed E-state index contributed by atoms with van der Waals surface area (Å²) in [6, 6.07) is 6.56. The van der Waals surface area contributed by atoms with Gasteiger partial charge in [0.1, 0.15) is 5.75 Å². The first-order valence-electron chi connectivity index (χ1n) is 5.38. The highest BCUT2D eigenvalue weighted by atomic mass is 16.5. The highest BCUT2D eigenvalue weighted by Crippen LogP contribution is 2.15. The number of urea groups is 1. The lowest BCUT2D eigenvalue weighted by Crippen LogP contribution is -2.42. The fourth-order valence-corrected chi connectivity index (χ4v) is 1.32. The Bertz CT molecular complexity index is 418. The van der Waals surface area contributed by atoms with Gasteiger partial charge in [-0.3, -0.25) is 10.1 Å². The second-order valence-corrected chi connectivity index (χ2v) is 3.61. The summed E-state index contributed by atoms with van der Waals surface area (Å²) in [5, 5.41) is 1.97. The van der Waals surface area contributed by atoms with Crippen LogP contribution in [0.1, 0.15) is 19.4 Å². The van der Waals surface area contributed by atoms with Crippen molar-refractivity contribution in [1.29, 1.82) is 0 Å². The van der Waals surface area contributed by atoms with Crippen LogP contribution in [0.4, 0.5) is 4.79 Å². The van der Waals surface area contributed by atoms with E-state index < -0.39 is 18.0 Å². The lowest BCUT2D eigenvalue weighted by Gasteiger charge is -2.13. The molecule has 1 unspecified atom stereocenters. The molecule has 17 heavy (non-hydrogen) atoms. The molecule has 1 aromatic carbocycles. The first-order valence-corrected chi connectivity index (χ1v) is 5.38. The quantitative estimate of drug-likeness (QED) is 0.824. The molecular weight excluding hydrogens is 220 g/mol. The minimum absolute atomic E-state index is 0.556. The molecule has 0 spiro atoms. The van der Waals surface area contributed by atoms with Crippen molar-refractivity contribution < 1.29 is 14.3 Å². The molecular formula is C12H16N2O3. The van der Waals surface area contributed by atoms with E-state index in [-0.39, 0.29) is 0 Å². The van der Waals surface area contributed by atoms with Crippen LogP contribution >= 0.6 is 0 Å². The molecule has 0 radical (unpaired) electrons. The van der Waals surface area contributed by atoms with Gasteiger partial charge in [-0.15, -0.1) is 0 Å². The van der Waals surface area contributed by atoms with Crippen molar-refractivity contribution in [3.8, 4) is 5.75 Å². The smallest absolute Gasteiger partial charge is 0.318 e. The monoisotopic (exact) mass is 236 g/mol. The number of amides is 3. The third-order valence-corrected chi connectivity index (χ3v) is 2.24. The molecule has 0 bridgehead atoms. The molecule has 0 fully saturated rings. The van der Waals surface area contributed by atoms with E-state index in [0.29, 0.717) is 5.75 Å². The first-order chi connectivity index (χ1) is 8.02. The largest absolute Gasteiger partial charge is 0.481 e. The van der Waals surface area contributed by atoms with Crippen molar-refractivity contribution >= 4 is 11.9 Å². The standard InChI is InChI=1S/C12H16N2O3/c1-3-9-5-4-6-10(7-9)17-8(2)11(15)14-12(13)16/h4-8H,3H2,1-2H3,(H3,13,14,15,16). The van der Waals surface area contributed by atoms with Crippen molar-refractivity contribution in [3.63, 3.8) is 0 Å². The Balaban J connectivity index is 2.63. The van der Waals surface area contributed by atoms with E-state index in [2.05, 4.69) is 0 Å². The zero-order chi connectivity index (χ0) is 12.8. The minimum atomic E-state index is -0.882. The molecule has 5 heteroatoms. The van der Waals surface area contributed by atoms with E-state index in [0.717, 1.165) is 12.0 Å². The van der Waals surface area contributed by atoms with Gasteiger partial charge in [-0.1, -0.05) is 19.1 Å². The van der Waals surface area contributed by atoms with Gasteiger partial charge in [0.2, 0.25) is 0 Å². The predicted octanol–water partition coefficient (Wildman–Crippen LogP) is 1.21. The van der Waals surface area contributed by atoms with Gasteiger partial charge in [0.05, 0.1) is 0 Å². The number of carbonyl (C=O) groups excluding carboxylic acids is 2. The SMILES string of the molecule is CCc1cccc(OC(C)C(=O)NC(N)=O)c1. The number of hydrogen-bond donors (Lipinski definition) is 2. The van der Waals surface area contributed by atoms with E-state index in [1.165, 1.54) is 0 Å². The molecule has 5 nitrogen and oxygen atoms in total. The molecule has 0 saturated heterocycles. The number of imide groups is 1. The van der Waals surface area contributed by atoms with Gasteiger partial charge in [-0.2, -0.15) is 0 Å². The summed E-state index contributed by atoms with van der Waals surface area (Å²) < 4.78 is 5.40. The van der Waals surface area contributed by atoms with E-state index in [1.807, 2.05) is 30.4 Å². The molecule has 0 heterocycles. The molecule has 0 aliphatic carbocycles. The third-order valence-electron chi connectivity index (χ3n) is 2.24. The van der Waals surface area contributed by atoms with Crippen molar-refractivity contribution in [2.24, 2.45) is 5.73 Å². The summed E-state index contributed by atoms with van der Waals surface area (Å²) in [4.78, 5) is 21.9. The van der Waals surface area contributed by atoms with Crippen molar-refractivity contribution in [2.75, 3.05) is 0 Å². The second-order valence-electron chi connectivity index (χ2n) is 3.61.